The number of hydrogen-bond acceptors (Lipinski definition) is 9. The van der Waals surface area contributed by atoms with Gasteiger partial charge in [-0.2, -0.15) is 13.7 Å². The van der Waals surface area contributed by atoms with Crippen molar-refractivity contribution >= 4 is 39.2 Å². The van der Waals surface area contributed by atoms with Crippen molar-refractivity contribution in [3.8, 4) is 5.88 Å². The lowest BCUT2D eigenvalue weighted by Gasteiger charge is -2.27. The van der Waals surface area contributed by atoms with Gasteiger partial charge < -0.3 is 14.4 Å². The highest BCUT2D eigenvalue weighted by molar-refractivity contribution is 7.88. The number of halogens is 1. The summed E-state index contributed by atoms with van der Waals surface area (Å²) in [6.07, 6.45) is 2.60. The molecule has 2 aromatic rings. The number of amides is 1. The molecule has 1 aromatic heterocycles. The average molecular weight is 459 g/mol. The van der Waals surface area contributed by atoms with E-state index < -0.39 is 21.9 Å². The highest BCUT2D eigenvalue weighted by atomic mass is 32.2. The van der Waals surface area contributed by atoms with Crippen molar-refractivity contribution in [1.82, 2.24) is 18.0 Å². The van der Waals surface area contributed by atoms with Crippen LogP contribution in [0.15, 0.2) is 24.4 Å². The van der Waals surface area contributed by atoms with E-state index in [4.69, 9.17) is 9.47 Å². The first kappa shape index (κ1) is 20.9. The van der Waals surface area contributed by atoms with Gasteiger partial charge in [0.05, 0.1) is 23.7 Å². The molecule has 4 rings (SSSR count). The second-order valence-electron chi connectivity index (χ2n) is 7.28. The van der Waals surface area contributed by atoms with Crippen LogP contribution in [-0.2, 0) is 14.8 Å². The SMILES string of the molecule is CS(=O)(=O)N[C@H]1CCN(c2ccc([N+]3(COc4cnsn4)CCOC3=O)cc2F)C1. The van der Waals surface area contributed by atoms with Crippen LogP contribution in [0, 0.1) is 5.82 Å². The molecule has 2 fully saturated rings. The lowest BCUT2D eigenvalue weighted by atomic mass is 10.2. The number of nitrogens with zero attached hydrogens (tertiary/aromatic N) is 4. The summed E-state index contributed by atoms with van der Waals surface area (Å²) >= 11 is 0.983. The molecule has 2 saturated heterocycles. The molecular formula is C17H21FN5O5S2+. The van der Waals surface area contributed by atoms with Crippen molar-refractivity contribution in [1.29, 1.82) is 0 Å². The first-order valence-electron chi connectivity index (χ1n) is 9.24. The van der Waals surface area contributed by atoms with Crippen LogP contribution in [-0.4, -0.2) is 68.5 Å². The fraction of sp³-hybridized carbons (Fsp3) is 0.471. The maximum Gasteiger partial charge on any atom is 0.524 e. The van der Waals surface area contributed by atoms with Gasteiger partial charge >= 0.3 is 6.09 Å². The third kappa shape index (κ3) is 4.24. The van der Waals surface area contributed by atoms with Gasteiger partial charge in [-0.3, -0.25) is 0 Å². The standard InChI is InChI=1S/C17H21FN5O5S2/c1-30(25,26)21-12-4-5-22(10-12)15-3-2-13(8-14(15)18)23(6-7-27-17(23)24)11-28-16-9-19-29-20-16/h2-3,8-9,12,21H,4-7,10-11H2,1H3/q+1/t12-,23?/m0/s1. The fourth-order valence-corrected chi connectivity index (χ4v) is 4.89. The van der Waals surface area contributed by atoms with Crippen molar-refractivity contribution in [3.05, 3.63) is 30.2 Å². The van der Waals surface area contributed by atoms with E-state index in [1.54, 1.807) is 17.0 Å². The highest BCUT2D eigenvalue weighted by Gasteiger charge is 2.48. The van der Waals surface area contributed by atoms with E-state index in [2.05, 4.69) is 13.5 Å². The summed E-state index contributed by atoms with van der Waals surface area (Å²) in [6.45, 7) is 1.30. The molecular weight excluding hydrogens is 437 g/mol. The van der Waals surface area contributed by atoms with Gasteiger partial charge in [-0.05, 0) is 12.5 Å². The molecule has 0 radical (unpaired) electrons. The monoisotopic (exact) mass is 458 g/mol. The summed E-state index contributed by atoms with van der Waals surface area (Å²) in [5.41, 5.74) is 0.763. The van der Waals surface area contributed by atoms with Crippen molar-refractivity contribution in [3.63, 3.8) is 0 Å². The summed E-state index contributed by atoms with van der Waals surface area (Å²) in [5.74, 6) is -0.212. The number of ether oxygens (including phenoxy) is 2. The summed E-state index contributed by atoms with van der Waals surface area (Å²) in [4.78, 5) is 14.3. The van der Waals surface area contributed by atoms with Gasteiger partial charge in [0.1, 0.15) is 25.0 Å². The van der Waals surface area contributed by atoms with E-state index in [9.17, 15) is 13.2 Å². The molecule has 2 aliphatic rings. The number of benzene rings is 1. The molecule has 1 amide bonds. The molecule has 3 heterocycles. The fourth-order valence-electron chi connectivity index (χ4n) is 3.72. The third-order valence-electron chi connectivity index (χ3n) is 5.16. The van der Waals surface area contributed by atoms with Crippen molar-refractivity contribution in [2.24, 2.45) is 0 Å². The van der Waals surface area contributed by atoms with Crippen molar-refractivity contribution < 1.29 is 27.1 Å². The lowest BCUT2D eigenvalue weighted by Crippen LogP contribution is -2.52. The van der Waals surface area contributed by atoms with Crippen molar-refractivity contribution in [2.45, 2.75) is 12.5 Å². The summed E-state index contributed by atoms with van der Waals surface area (Å²) in [6, 6.07) is 4.31. The number of aromatic nitrogens is 2. The molecule has 0 aliphatic carbocycles. The maximum absolute atomic E-state index is 15.0. The number of rotatable bonds is 7. The van der Waals surface area contributed by atoms with Crippen LogP contribution in [0.5, 0.6) is 5.88 Å². The minimum Gasteiger partial charge on any atom is -0.424 e. The molecule has 0 bridgehead atoms. The Hall–Kier alpha value is -2.35. The largest absolute Gasteiger partial charge is 0.524 e. The zero-order valence-electron chi connectivity index (χ0n) is 16.2. The number of carbonyl (C=O) groups is 1. The normalized spacial score (nSPS) is 24.3. The molecule has 0 saturated carbocycles. The van der Waals surface area contributed by atoms with E-state index in [1.165, 1.54) is 12.3 Å². The quantitative estimate of drug-likeness (QED) is 0.618. The van der Waals surface area contributed by atoms with Crippen molar-refractivity contribution in [2.75, 3.05) is 44.1 Å². The number of cyclic esters (lactones) is 1. The minimum atomic E-state index is -3.33. The van der Waals surface area contributed by atoms with Gasteiger partial charge in [0, 0.05) is 31.3 Å². The second kappa shape index (κ2) is 8.06. The van der Waals surface area contributed by atoms with Crippen LogP contribution >= 0.6 is 11.7 Å². The molecule has 30 heavy (non-hydrogen) atoms. The Morgan fingerprint density at radius 1 is 1.47 bits per heavy atom. The van der Waals surface area contributed by atoms with E-state index in [0.717, 1.165) is 18.0 Å². The Bertz CT molecular complexity index is 1040. The van der Waals surface area contributed by atoms with E-state index >= 15 is 4.39 Å². The molecule has 10 nitrogen and oxygen atoms in total. The molecule has 2 aliphatic heterocycles. The van der Waals surface area contributed by atoms with Gasteiger partial charge in [0.25, 0.3) is 0 Å². The number of hydrogen-bond donors (Lipinski definition) is 1. The molecule has 13 heteroatoms. The Kier molecular flexibility index (Phi) is 5.61. The Labute approximate surface area is 177 Å². The second-order valence-corrected chi connectivity index (χ2v) is 9.62. The summed E-state index contributed by atoms with van der Waals surface area (Å²) in [5, 5.41) is 0. The molecule has 2 atom stereocenters. The summed E-state index contributed by atoms with van der Waals surface area (Å²) in [7, 11) is -3.33. The molecule has 1 aromatic carbocycles. The minimum absolute atomic E-state index is 0.0902. The number of sulfonamides is 1. The molecule has 1 N–H and O–H groups in total. The maximum atomic E-state index is 15.0. The van der Waals surface area contributed by atoms with Crippen LogP contribution in [0.2, 0.25) is 0 Å². The lowest BCUT2D eigenvalue weighted by molar-refractivity contribution is 0.127. The Morgan fingerprint density at radius 3 is 2.93 bits per heavy atom. The predicted octanol–water partition coefficient (Wildman–Crippen LogP) is 1.30. The van der Waals surface area contributed by atoms with Crippen LogP contribution < -0.4 is 18.8 Å². The number of quaternary nitrogens is 1. The van der Waals surface area contributed by atoms with E-state index in [0.29, 0.717) is 37.4 Å². The topological polar surface area (TPSA) is 111 Å². The first-order valence-corrected chi connectivity index (χ1v) is 11.9. The van der Waals surface area contributed by atoms with Gasteiger partial charge in [0.2, 0.25) is 22.6 Å². The van der Waals surface area contributed by atoms with Crippen LogP contribution in [0.3, 0.4) is 0 Å². The number of nitrogens with one attached hydrogen (secondary N) is 1. The number of carbonyl (C=O) groups excluding carboxylic acids is 1. The highest BCUT2D eigenvalue weighted by Crippen LogP contribution is 2.33. The molecule has 162 valence electrons. The average Bonchev–Trinajstić information content (AvgIpc) is 3.41. The van der Waals surface area contributed by atoms with Gasteiger partial charge in [-0.25, -0.2) is 17.5 Å². The molecule has 1 unspecified atom stereocenters. The van der Waals surface area contributed by atoms with Gasteiger partial charge in [0.15, 0.2) is 5.82 Å². The van der Waals surface area contributed by atoms with Gasteiger partial charge in [-0.15, -0.1) is 4.37 Å². The smallest absolute Gasteiger partial charge is 0.424 e. The zero-order chi connectivity index (χ0) is 21.4. The van der Waals surface area contributed by atoms with Gasteiger partial charge in [-0.1, -0.05) is 0 Å². The van der Waals surface area contributed by atoms with Crippen LogP contribution in [0.4, 0.5) is 20.6 Å². The van der Waals surface area contributed by atoms with Crippen LogP contribution in [0.1, 0.15) is 6.42 Å². The first-order chi connectivity index (χ1) is 14.3. The molecule has 0 spiro atoms. The summed E-state index contributed by atoms with van der Waals surface area (Å²) < 4.78 is 58.7. The van der Waals surface area contributed by atoms with E-state index in [1.807, 2.05) is 0 Å². The third-order valence-corrected chi connectivity index (χ3v) is 6.38. The Balaban J connectivity index is 1.54. The predicted molar refractivity (Wildman–Crippen MR) is 108 cm³/mol. The van der Waals surface area contributed by atoms with Crippen LogP contribution in [0.25, 0.3) is 0 Å². The Morgan fingerprint density at radius 2 is 2.30 bits per heavy atom. The zero-order valence-corrected chi connectivity index (χ0v) is 17.8. The number of anilines is 1. The van der Waals surface area contributed by atoms with E-state index in [-0.39, 0.29) is 29.7 Å².